The number of hydrogen-bond donors (Lipinski definition) is 2. The summed E-state index contributed by atoms with van der Waals surface area (Å²) in [4.78, 5) is 12.3. The van der Waals surface area contributed by atoms with Crippen molar-refractivity contribution in [2.45, 2.75) is 39.2 Å². The number of aryl methyl sites for hydroxylation is 2. The van der Waals surface area contributed by atoms with Gasteiger partial charge in [0.25, 0.3) is 0 Å². The molecule has 0 bridgehead atoms. The predicted octanol–water partition coefficient (Wildman–Crippen LogP) is 3.89. The molecule has 0 saturated heterocycles. The van der Waals surface area contributed by atoms with Crippen molar-refractivity contribution in [2.24, 2.45) is 0 Å². The van der Waals surface area contributed by atoms with Crippen molar-refractivity contribution in [1.29, 1.82) is 0 Å². The van der Waals surface area contributed by atoms with Crippen molar-refractivity contribution in [1.82, 2.24) is 15.0 Å². The van der Waals surface area contributed by atoms with E-state index in [1.54, 1.807) is 13.0 Å². The Hall–Kier alpha value is -1.59. The Kier molecular flexibility index (Phi) is 5.80. The summed E-state index contributed by atoms with van der Waals surface area (Å²) >= 11 is 12.1. The average molecular weight is 340 g/mol. The van der Waals surface area contributed by atoms with Crippen molar-refractivity contribution >= 4 is 35.1 Å². The Morgan fingerprint density at radius 1 is 1.23 bits per heavy atom. The van der Waals surface area contributed by atoms with Crippen LogP contribution in [0.2, 0.25) is 10.0 Å². The standard InChI is InChI=1S/C15H19Cl2N5/c1-3-12(21-15-20-9(2)19-14(18)22-15)7-5-10-4-6-11(16)8-13(10)17/h4,6,8,12H,3,5,7H2,1-2H3,(H3,18,19,20,21,22). The fourth-order valence-corrected chi connectivity index (χ4v) is 2.69. The highest BCUT2D eigenvalue weighted by Crippen LogP contribution is 2.23. The summed E-state index contributed by atoms with van der Waals surface area (Å²) in [7, 11) is 0. The van der Waals surface area contributed by atoms with Crippen LogP contribution in [-0.2, 0) is 6.42 Å². The molecule has 0 aliphatic rings. The number of nitrogens with two attached hydrogens (primary N) is 1. The zero-order chi connectivity index (χ0) is 16.1. The first-order valence-electron chi connectivity index (χ1n) is 7.16. The van der Waals surface area contributed by atoms with E-state index in [0.29, 0.717) is 21.8 Å². The van der Waals surface area contributed by atoms with Gasteiger partial charge < -0.3 is 11.1 Å². The molecule has 1 aromatic heterocycles. The zero-order valence-electron chi connectivity index (χ0n) is 12.6. The maximum atomic E-state index is 6.20. The molecule has 1 aromatic carbocycles. The molecule has 0 fully saturated rings. The smallest absolute Gasteiger partial charge is 0.227 e. The molecule has 0 saturated carbocycles. The number of nitrogen functional groups attached to an aromatic ring is 1. The highest BCUT2D eigenvalue weighted by atomic mass is 35.5. The second-order valence-electron chi connectivity index (χ2n) is 5.09. The summed E-state index contributed by atoms with van der Waals surface area (Å²) in [5.41, 5.74) is 6.72. The maximum absolute atomic E-state index is 6.20. The molecule has 0 aliphatic carbocycles. The molecule has 0 radical (unpaired) electrons. The summed E-state index contributed by atoms with van der Waals surface area (Å²) < 4.78 is 0. The molecule has 7 heteroatoms. The van der Waals surface area contributed by atoms with E-state index in [2.05, 4.69) is 27.2 Å². The van der Waals surface area contributed by atoms with Gasteiger partial charge in [0.2, 0.25) is 11.9 Å². The van der Waals surface area contributed by atoms with E-state index in [1.807, 2.05) is 12.1 Å². The highest BCUT2D eigenvalue weighted by molar-refractivity contribution is 6.35. The number of aromatic nitrogens is 3. The van der Waals surface area contributed by atoms with Gasteiger partial charge >= 0.3 is 0 Å². The lowest BCUT2D eigenvalue weighted by Crippen LogP contribution is -2.21. The number of anilines is 2. The summed E-state index contributed by atoms with van der Waals surface area (Å²) in [6.07, 6.45) is 2.69. The molecular weight excluding hydrogens is 321 g/mol. The van der Waals surface area contributed by atoms with Gasteiger partial charge in [-0.05, 0) is 43.9 Å². The Balaban J connectivity index is 2.00. The highest BCUT2D eigenvalue weighted by Gasteiger charge is 2.11. The lowest BCUT2D eigenvalue weighted by molar-refractivity contribution is 0.627. The normalized spacial score (nSPS) is 12.2. The number of hydrogen-bond acceptors (Lipinski definition) is 5. The first-order valence-corrected chi connectivity index (χ1v) is 7.92. The van der Waals surface area contributed by atoms with Crippen LogP contribution in [0.3, 0.4) is 0 Å². The van der Waals surface area contributed by atoms with E-state index in [-0.39, 0.29) is 12.0 Å². The van der Waals surface area contributed by atoms with Crippen LogP contribution in [0.4, 0.5) is 11.9 Å². The third kappa shape index (κ3) is 4.71. The number of halogens is 2. The van der Waals surface area contributed by atoms with Crippen molar-refractivity contribution in [3.05, 3.63) is 39.6 Å². The first kappa shape index (κ1) is 16.8. The van der Waals surface area contributed by atoms with Gasteiger partial charge in [0.15, 0.2) is 0 Å². The second kappa shape index (κ2) is 7.61. The van der Waals surface area contributed by atoms with Crippen LogP contribution in [0.15, 0.2) is 18.2 Å². The minimum Gasteiger partial charge on any atom is -0.368 e. The fourth-order valence-electron chi connectivity index (χ4n) is 2.18. The summed E-state index contributed by atoms with van der Waals surface area (Å²) in [6.45, 7) is 3.90. The number of benzene rings is 1. The van der Waals surface area contributed by atoms with Crippen LogP contribution in [0.1, 0.15) is 31.2 Å². The SMILES string of the molecule is CCC(CCc1ccc(Cl)cc1Cl)Nc1nc(C)nc(N)n1. The van der Waals surface area contributed by atoms with E-state index < -0.39 is 0 Å². The maximum Gasteiger partial charge on any atom is 0.227 e. The summed E-state index contributed by atoms with van der Waals surface area (Å²) in [6, 6.07) is 5.81. The van der Waals surface area contributed by atoms with E-state index in [9.17, 15) is 0 Å². The fraction of sp³-hybridized carbons (Fsp3) is 0.400. The van der Waals surface area contributed by atoms with Gasteiger partial charge in [-0.1, -0.05) is 36.2 Å². The molecule has 0 spiro atoms. The van der Waals surface area contributed by atoms with E-state index in [1.165, 1.54) is 0 Å². The van der Waals surface area contributed by atoms with Gasteiger partial charge in [0.05, 0.1) is 0 Å². The average Bonchev–Trinajstić information content (AvgIpc) is 2.43. The van der Waals surface area contributed by atoms with Crippen LogP contribution in [0.5, 0.6) is 0 Å². The zero-order valence-corrected chi connectivity index (χ0v) is 14.1. The van der Waals surface area contributed by atoms with Crippen molar-refractivity contribution in [3.63, 3.8) is 0 Å². The van der Waals surface area contributed by atoms with Gasteiger partial charge in [-0.2, -0.15) is 15.0 Å². The molecule has 22 heavy (non-hydrogen) atoms. The Morgan fingerprint density at radius 2 is 2.00 bits per heavy atom. The monoisotopic (exact) mass is 339 g/mol. The van der Waals surface area contributed by atoms with Crippen LogP contribution >= 0.6 is 23.2 Å². The van der Waals surface area contributed by atoms with Crippen LogP contribution in [-0.4, -0.2) is 21.0 Å². The van der Waals surface area contributed by atoms with Gasteiger partial charge in [0.1, 0.15) is 5.82 Å². The molecule has 1 atom stereocenters. The van der Waals surface area contributed by atoms with Crippen molar-refractivity contribution in [3.8, 4) is 0 Å². The van der Waals surface area contributed by atoms with Crippen LogP contribution in [0.25, 0.3) is 0 Å². The molecule has 2 aromatic rings. The van der Waals surface area contributed by atoms with E-state index >= 15 is 0 Å². The lowest BCUT2D eigenvalue weighted by Gasteiger charge is -2.17. The van der Waals surface area contributed by atoms with Gasteiger partial charge in [-0.15, -0.1) is 0 Å². The quantitative estimate of drug-likeness (QED) is 0.834. The number of nitrogens with zero attached hydrogens (tertiary/aromatic N) is 3. The number of rotatable bonds is 6. The minimum absolute atomic E-state index is 0.227. The topological polar surface area (TPSA) is 76.7 Å². The Labute approximate surface area is 140 Å². The first-order chi connectivity index (χ1) is 10.5. The summed E-state index contributed by atoms with van der Waals surface area (Å²) in [5.74, 6) is 1.34. The Morgan fingerprint density at radius 3 is 2.64 bits per heavy atom. The molecule has 2 rings (SSSR count). The molecule has 118 valence electrons. The van der Waals surface area contributed by atoms with Gasteiger partial charge in [-0.3, -0.25) is 0 Å². The minimum atomic E-state index is 0.227. The number of nitrogens with one attached hydrogen (secondary N) is 1. The van der Waals surface area contributed by atoms with Crippen molar-refractivity contribution in [2.75, 3.05) is 11.1 Å². The van der Waals surface area contributed by atoms with E-state index in [4.69, 9.17) is 28.9 Å². The molecular formula is C15H19Cl2N5. The predicted molar refractivity (Wildman–Crippen MR) is 91.5 cm³/mol. The third-order valence-electron chi connectivity index (χ3n) is 3.37. The van der Waals surface area contributed by atoms with Gasteiger partial charge in [-0.25, -0.2) is 0 Å². The van der Waals surface area contributed by atoms with Crippen LogP contribution < -0.4 is 11.1 Å². The summed E-state index contributed by atoms with van der Waals surface area (Å²) in [5, 5.41) is 4.65. The Bertz CT molecular complexity index is 628. The largest absolute Gasteiger partial charge is 0.368 e. The molecule has 0 amide bonds. The molecule has 1 unspecified atom stereocenters. The molecule has 3 N–H and O–H groups in total. The second-order valence-corrected chi connectivity index (χ2v) is 5.93. The van der Waals surface area contributed by atoms with Crippen LogP contribution in [0, 0.1) is 6.92 Å². The van der Waals surface area contributed by atoms with E-state index in [0.717, 1.165) is 24.8 Å². The third-order valence-corrected chi connectivity index (χ3v) is 3.95. The van der Waals surface area contributed by atoms with Gasteiger partial charge in [0, 0.05) is 16.1 Å². The molecule has 1 heterocycles. The lowest BCUT2D eigenvalue weighted by atomic mass is 10.0. The molecule has 0 aliphatic heterocycles. The molecule has 5 nitrogen and oxygen atoms in total. The van der Waals surface area contributed by atoms with Crippen molar-refractivity contribution < 1.29 is 0 Å².